The Labute approximate surface area is 195 Å². The van der Waals surface area contributed by atoms with E-state index in [1.807, 2.05) is 0 Å². The highest BCUT2D eigenvalue weighted by atomic mass is 32.1. The summed E-state index contributed by atoms with van der Waals surface area (Å²) in [6.07, 6.45) is 7.92. The number of fused-ring (bicyclic) bond motifs is 6. The quantitative estimate of drug-likeness (QED) is 0.549. The van der Waals surface area contributed by atoms with E-state index in [0.29, 0.717) is 27.7 Å². The van der Waals surface area contributed by atoms with Gasteiger partial charge in [-0.25, -0.2) is 0 Å². The summed E-state index contributed by atoms with van der Waals surface area (Å²) < 4.78 is 0. The van der Waals surface area contributed by atoms with Crippen molar-refractivity contribution in [3.05, 3.63) is 58.0 Å². The van der Waals surface area contributed by atoms with Crippen LogP contribution in [-0.2, 0) is 22.4 Å². The van der Waals surface area contributed by atoms with E-state index in [-0.39, 0.29) is 41.4 Å². The van der Waals surface area contributed by atoms with Crippen molar-refractivity contribution >= 4 is 39.7 Å². The SMILES string of the molecule is C[C@@H]1CCc2c(sc(NC(=O)c3ccc(N4C(=O)[C@@H]5[C@H](C4=O)[C@H]4C=C[C@H]5C4)cc3)c2C#N)C1. The van der Waals surface area contributed by atoms with E-state index in [4.69, 9.17) is 0 Å². The zero-order valence-electron chi connectivity index (χ0n) is 18.2. The summed E-state index contributed by atoms with van der Waals surface area (Å²) in [4.78, 5) is 41.4. The van der Waals surface area contributed by atoms with E-state index < -0.39 is 0 Å². The van der Waals surface area contributed by atoms with Crippen molar-refractivity contribution in [3.8, 4) is 6.07 Å². The molecule has 6 nitrogen and oxygen atoms in total. The number of anilines is 2. The first-order chi connectivity index (χ1) is 16.0. The van der Waals surface area contributed by atoms with Gasteiger partial charge in [0.25, 0.3) is 5.91 Å². The average molecular weight is 458 g/mol. The van der Waals surface area contributed by atoms with Crippen molar-refractivity contribution in [3.63, 3.8) is 0 Å². The van der Waals surface area contributed by atoms with Gasteiger partial charge in [0.05, 0.1) is 23.1 Å². The molecular formula is C26H23N3O3S. The summed E-state index contributed by atoms with van der Waals surface area (Å²) in [5.74, 6) is -0.129. The molecule has 2 aromatic rings. The Hall–Kier alpha value is -3.24. The van der Waals surface area contributed by atoms with Crippen LogP contribution in [0.1, 0.15) is 46.1 Å². The number of carbonyl (C=O) groups excluding carboxylic acids is 3. The molecule has 1 aliphatic heterocycles. The predicted molar refractivity (Wildman–Crippen MR) is 125 cm³/mol. The van der Waals surface area contributed by atoms with E-state index in [2.05, 4.69) is 30.5 Å². The van der Waals surface area contributed by atoms with Gasteiger partial charge in [-0.1, -0.05) is 19.1 Å². The van der Waals surface area contributed by atoms with Crippen LogP contribution in [0.4, 0.5) is 10.7 Å². The Morgan fingerprint density at radius 3 is 2.42 bits per heavy atom. The Bertz CT molecular complexity index is 1240. The van der Waals surface area contributed by atoms with E-state index >= 15 is 0 Å². The topological polar surface area (TPSA) is 90.3 Å². The third-order valence-electron chi connectivity index (χ3n) is 7.71. The number of rotatable bonds is 3. The molecule has 3 amide bonds. The lowest BCUT2D eigenvalue weighted by Crippen LogP contribution is -2.32. The molecule has 1 N–H and O–H groups in total. The molecule has 0 unspecified atom stereocenters. The molecule has 1 aromatic carbocycles. The minimum Gasteiger partial charge on any atom is -0.312 e. The highest BCUT2D eigenvalue weighted by Gasteiger charge is 2.59. The number of carbonyl (C=O) groups is 3. The fraction of sp³-hybridized carbons (Fsp3) is 0.385. The van der Waals surface area contributed by atoms with Gasteiger partial charge in [0.1, 0.15) is 11.1 Å². The van der Waals surface area contributed by atoms with E-state index in [1.54, 1.807) is 24.3 Å². The molecule has 6 rings (SSSR count). The van der Waals surface area contributed by atoms with Crippen LogP contribution in [0.2, 0.25) is 0 Å². The summed E-state index contributed by atoms with van der Waals surface area (Å²) >= 11 is 1.50. The summed E-state index contributed by atoms with van der Waals surface area (Å²) in [5.41, 5.74) is 2.58. The van der Waals surface area contributed by atoms with Gasteiger partial charge in [0, 0.05) is 10.4 Å². The van der Waals surface area contributed by atoms with Gasteiger partial charge in [-0.15, -0.1) is 11.3 Å². The third-order valence-corrected chi connectivity index (χ3v) is 8.88. The second kappa shape index (κ2) is 7.39. The van der Waals surface area contributed by atoms with Gasteiger partial charge >= 0.3 is 0 Å². The number of imide groups is 1. The van der Waals surface area contributed by atoms with Gasteiger partial charge in [-0.2, -0.15) is 5.26 Å². The standard InChI is InChI=1S/C26H23N3O3S/c1-13-2-9-18-19(12-27)24(33-20(18)10-13)28-23(30)14-5-7-17(8-6-14)29-25(31)21-15-3-4-16(11-15)22(21)26(29)32/h3-8,13,15-16,21-22H,2,9-11H2,1H3,(H,28,30)/t13-,15+,16+,21-,22+/m1/s1. The molecule has 1 aromatic heterocycles. The molecule has 2 heterocycles. The van der Waals surface area contributed by atoms with Crippen LogP contribution in [0, 0.1) is 40.9 Å². The maximum atomic E-state index is 13.0. The maximum absolute atomic E-state index is 13.0. The molecule has 33 heavy (non-hydrogen) atoms. The summed E-state index contributed by atoms with van der Waals surface area (Å²) in [5, 5.41) is 13.2. The number of nitriles is 1. The molecule has 7 heteroatoms. The van der Waals surface area contributed by atoms with Gasteiger partial charge in [0.2, 0.25) is 11.8 Å². The highest BCUT2D eigenvalue weighted by Crippen LogP contribution is 2.53. The Morgan fingerprint density at radius 1 is 1.12 bits per heavy atom. The van der Waals surface area contributed by atoms with Crippen LogP contribution < -0.4 is 10.2 Å². The van der Waals surface area contributed by atoms with Crippen LogP contribution in [0.25, 0.3) is 0 Å². The van der Waals surface area contributed by atoms with Crippen LogP contribution in [0.5, 0.6) is 0 Å². The molecule has 2 bridgehead atoms. The van der Waals surface area contributed by atoms with Crippen molar-refractivity contribution in [2.75, 3.05) is 10.2 Å². The molecule has 5 atom stereocenters. The normalized spacial score (nSPS) is 29.2. The van der Waals surface area contributed by atoms with Gasteiger partial charge < -0.3 is 5.32 Å². The zero-order valence-corrected chi connectivity index (χ0v) is 19.0. The lowest BCUT2D eigenvalue weighted by molar-refractivity contribution is -0.123. The first-order valence-electron chi connectivity index (χ1n) is 11.5. The number of amides is 3. The fourth-order valence-electron chi connectivity index (χ4n) is 6.05. The number of thiophene rings is 1. The molecule has 1 saturated carbocycles. The number of hydrogen-bond donors (Lipinski definition) is 1. The van der Waals surface area contributed by atoms with E-state index in [9.17, 15) is 19.6 Å². The number of nitrogens with zero attached hydrogens (tertiary/aromatic N) is 2. The van der Waals surface area contributed by atoms with Gasteiger partial charge in [0.15, 0.2) is 0 Å². The van der Waals surface area contributed by atoms with Crippen LogP contribution in [0.15, 0.2) is 36.4 Å². The first kappa shape index (κ1) is 20.4. The van der Waals surface area contributed by atoms with Gasteiger partial charge in [-0.3, -0.25) is 19.3 Å². The van der Waals surface area contributed by atoms with Gasteiger partial charge in [-0.05, 0) is 73.3 Å². The first-order valence-corrected chi connectivity index (χ1v) is 12.3. The predicted octanol–water partition coefficient (Wildman–Crippen LogP) is 4.31. The molecule has 4 aliphatic rings. The van der Waals surface area contributed by atoms with Crippen molar-refractivity contribution in [2.24, 2.45) is 29.6 Å². The molecule has 3 aliphatic carbocycles. The lowest BCUT2D eigenvalue weighted by atomic mass is 9.85. The molecule has 0 radical (unpaired) electrons. The van der Waals surface area contributed by atoms with E-state index in [1.165, 1.54) is 21.1 Å². The molecule has 166 valence electrons. The maximum Gasteiger partial charge on any atom is 0.256 e. The number of nitrogens with one attached hydrogen (secondary N) is 1. The van der Waals surface area contributed by atoms with Crippen LogP contribution in [-0.4, -0.2) is 17.7 Å². The van der Waals surface area contributed by atoms with Crippen molar-refractivity contribution < 1.29 is 14.4 Å². The molecular weight excluding hydrogens is 434 g/mol. The van der Waals surface area contributed by atoms with Crippen molar-refractivity contribution in [1.82, 2.24) is 0 Å². The fourth-order valence-corrected chi connectivity index (χ4v) is 7.41. The Morgan fingerprint density at radius 2 is 1.79 bits per heavy atom. The minimum atomic E-state index is -0.303. The van der Waals surface area contributed by atoms with Crippen LogP contribution in [0.3, 0.4) is 0 Å². The molecule has 0 spiro atoms. The number of benzene rings is 1. The van der Waals surface area contributed by atoms with Crippen LogP contribution >= 0.6 is 11.3 Å². The van der Waals surface area contributed by atoms with Crippen molar-refractivity contribution in [2.45, 2.75) is 32.6 Å². The number of allylic oxidation sites excluding steroid dienone is 2. The smallest absolute Gasteiger partial charge is 0.256 e. The Kier molecular flexibility index (Phi) is 4.56. The minimum absolute atomic E-state index is 0.129. The van der Waals surface area contributed by atoms with E-state index in [0.717, 1.165) is 31.2 Å². The molecule has 2 fully saturated rings. The summed E-state index contributed by atoms with van der Waals surface area (Å²) in [7, 11) is 0. The average Bonchev–Trinajstić information content (AvgIpc) is 3.55. The summed E-state index contributed by atoms with van der Waals surface area (Å²) in [6, 6.07) is 8.86. The van der Waals surface area contributed by atoms with Crippen molar-refractivity contribution in [1.29, 1.82) is 5.26 Å². The molecule has 1 saturated heterocycles. The second-order valence-electron chi connectivity index (χ2n) is 9.68. The highest BCUT2D eigenvalue weighted by molar-refractivity contribution is 7.16. The Balaban J connectivity index is 1.21. The zero-order chi connectivity index (χ0) is 22.9. The lowest BCUT2D eigenvalue weighted by Gasteiger charge is -2.17. The largest absolute Gasteiger partial charge is 0.312 e. The number of hydrogen-bond acceptors (Lipinski definition) is 5. The second-order valence-corrected chi connectivity index (χ2v) is 10.8. The monoisotopic (exact) mass is 457 g/mol. The summed E-state index contributed by atoms with van der Waals surface area (Å²) in [6.45, 7) is 2.21. The third kappa shape index (κ3) is 3.01.